The molecule has 1 fully saturated rings. The van der Waals surface area contributed by atoms with Crippen LogP contribution in [0.1, 0.15) is 24.8 Å². The van der Waals surface area contributed by atoms with Gasteiger partial charge in [0.05, 0.1) is 24.7 Å². The van der Waals surface area contributed by atoms with Crippen molar-refractivity contribution in [2.24, 2.45) is 5.10 Å². The van der Waals surface area contributed by atoms with Crippen LogP contribution in [0.15, 0.2) is 29.4 Å². The smallest absolute Gasteiger partial charge is 0.267 e. The molecule has 0 saturated carbocycles. The van der Waals surface area contributed by atoms with E-state index < -0.39 is 15.9 Å². The monoisotopic (exact) mass is 393 g/mol. The summed E-state index contributed by atoms with van der Waals surface area (Å²) < 4.78 is 28.4. The average Bonchev–Trinajstić information content (AvgIpc) is 3.02. The number of amides is 2. The summed E-state index contributed by atoms with van der Waals surface area (Å²) in [5.74, 6) is 0.196. The lowest BCUT2D eigenvalue weighted by atomic mass is 10.1. The van der Waals surface area contributed by atoms with Crippen LogP contribution in [0.25, 0.3) is 0 Å². The number of benzene rings is 1. The molecule has 2 heterocycles. The van der Waals surface area contributed by atoms with Crippen LogP contribution in [0.4, 0.5) is 0 Å². The number of hydrazone groups is 1. The fraction of sp³-hybridized carbons (Fsp3) is 0.500. The number of nitrogens with zero attached hydrogens (tertiary/aromatic N) is 2. The van der Waals surface area contributed by atoms with Crippen molar-refractivity contribution in [3.05, 3.63) is 29.8 Å². The number of rotatable bonds is 6. The van der Waals surface area contributed by atoms with E-state index in [4.69, 9.17) is 4.74 Å². The molecule has 1 aromatic rings. The molecule has 2 aliphatic heterocycles. The molecular formula is C18H23N3O5S. The molecule has 2 amide bonds. The van der Waals surface area contributed by atoms with Crippen LogP contribution in [0.5, 0.6) is 5.75 Å². The second kappa shape index (κ2) is 8.08. The first-order valence-corrected chi connectivity index (χ1v) is 10.7. The highest BCUT2D eigenvalue weighted by Gasteiger charge is 2.37. The molecule has 8 nitrogen and oxygen atoms in total. The van der Waals surface area contributed by atoms with Crippen LogP contribution in [0, 0.1) is 0 Å². The summed E-state index contributed by atoms with van der Waals surface area (Å²) in [6, 6.07) is 7.13. The standard InChI is InChI=1S/C18H23N3O5S/c1-26-15-4-2-13(3-5-15)8-10-19-18(23)16-6-7-17(22)21(20-16)14-9-11-27(24,25)12-14/h2-5,14H,6-12H2,1H3,(H,19,23)/t14-/m1/s1. The summed E-state index contributed by atoms with van der Waals surface area (Å²) in [4.78, 5) is 24.5. The molecule has 0 aromatic heterocycles. The van der Waals surface area contributed by atoms with E-state index in [-0.39, 0.29) is 41.9 Å². The Morgan fingerprint density at radius 3 is 2.67 bits per heavy atom. The van der Waals surface area contributed by atoms with Gasteiger partial charge in [-0.3, -0.25) is 9.59 Å². The number of carbonyl (C=O) groups excluding carboxylic acids is 2. The van der Waals surface area contributed by atoms with Crippen molar-refractivity contribution in [2.75, 3.05) is 25.2 Å². The molecule has 0 spiro atoms. The van der Waals surface area contributed by atoms with Gasteiger partial charge in [0.1, 0.15) is 11.5 Å². The second-order valence-electron chi connectivity index (χ2n) is 6.70. The normalized spacial score (nSPS) is 21.7. The lowest BCUT2D eigenvalue weighted by Crippen LogP contribution is -2.44. The molecule has 27 heavy (non-hydrogen) atoms. The molecule has 0 bridgehead atoms. The van der Waals surface area contributed by atoms with Gasteiger partial charge in [-0.15, -0.1) is 0 Å². The molecule has 9 heteroatoms. The zero-order chi connectivity index (χ0) is 19.4. The molecule has 1 aromatic carbocycles. The third-order valence-electron chi connectivity index (χ3n) is 4.73. The van der Waals surface area contributed by atoms with Gasteiger partial charge in [-0.1, -0.05) is 12.1 Å². The number of ether oxygens (including phenoxy) is 1. The van der Waals surface area contributed by atoms with Crippen LogP contribution in [0.2, 0.25) is 0 Å². The van der Waals surface area contributed by atoms with Gasteiger partial charge >= 0.3 is 0 Å². The highest BCUT2D eigenvalue weighted by Crippen LogP contribution is 2.22. The van der Waals surface area contributed by atoms with Gasteiger partial charge in [0.25, 0.3) is 5.91 Å². The van der Waals surface area contributed by atoms with E-state index in [0.717, 1.165) is 11.3 Å². The second-order valence-corrected chi connectivity index (χ2v) is 8.92. The maximum atomic E-state index is 12.4. The number of hydrogen-bond donors (Lipinski definition) is 1. The van der Waals surface area contributed by atoms with Crippen LogP contribution < -0.4 is 10.1 Å². The zero-order valence-electron chi connectivity index (χ0n) is 15.2. The van der Waals surface area contributed by atoms with E-state index in [2.05, 4.69) is 10.4 Å². The number of methoxy groups -OCH3 is 1. The Kier molecular flexibility index (Phi) is 5.79. The summed E-state index contributed by atoms with van der Waals surface area (Å²) in [5.41, 5.74) is 1.34. The van der Waals surface area contributed by atoms with Gasteiger partial charge in [-0.2, -0.15) is 5.10 Å². The summed E-state index contributed by atoms with van der Waals surface area (Å²) in [5, 5.41) is 8.18. The van der Waals surface area contributed by atoms with Crippen LogP contribution in [0.3, 0.4) is 0 Å². The van der Waals surface area contributed by atoms with E-state index in [1.54, 1.807) is 7.11 Å². The molecule has 3 rings (SSSR count). The van der Waals surface area contributed by atoms with Gasteiger partial charge in [0.2, 0.25) is 5.91 Å². The summed E-state index contributed by atoms with van der Waals surface area (Å²) in [7, 11) is -1.52. The number of hydrogen-bond acceptors (Lipinski definition) is 6. The SMILES string of the molecule is COc1ccc(CCNC(=O)C2=NN([C@@H]3CCS(=O)(=O)C3)C(=O)CC2)cc1. The first-order valence-electron chi connectivity index (χ1n) is 8.89. The van der Waals surface area contributed by atoms with Crippen molar-refractivity contribution in [1.29, 1.82) is 0 Å². The van der Waals surface area contributed by atoms with Crippen molar-refractivity contribution in [1.82, 2.24) is 10.3 Å². The molecule has 0 radical (unpaired) electrons. The predicted molar refractivity (Wildman–Crippen MR) is 100 cm³/mol. The minimum atomic E-state index is -3.13. The van der Waals surface area contributed by atoms with E-state index in [1.165, 1.54) is 5.01 Å². The molecule has 1 N–H and O–H groups in total. The zero-order valence-corrected chi connectivity index (χ0v) is 16.0. The fourth-order valence-electron chi connectivity index (χ4n) is 3.20. The van der Waals surface area contributed by atoms with Gasteiger partial charge < -0.3 is 10.1 Å². The maximum Gasteiger partial charge on any atom is 0.267 e. The van der Waals surface area contributed by atoms with Gasteiger partial charge in [-0.05, 0) is 30.5 Å². The van der Waals surface area contributed by atoms with E-state index in [9.17, 15) is 18.0 Å². The van der Waals surface area contributed by atoms with Crippen molar-refractivity contribution < 1.29 is 22.7 Å². The Morgan fingerprint density at radius 1 is 1.30 bits per heavy atom. The Labute approximate surface area is 158 Å². The van der Waals surface area contributed by atoms with Crippen molar-refractivity contribution in [3.8, 4) is 5.75 Å². The molecule has 0 aliphatic carbocycles. The van der Waals surface area contributed by atoms with Crippen LogP contribution >= 0.6 is 0 Å². The minimum absolute atomic E-state index is 0.0559. The Hall–Kier alpha value is -2.42. The van der Waals surface area contributed by atoms with Gasteiger partial charge in [0, 0.05) is 19.4 Å². The number of nitrogens with one attached hydrogen (secondary N) is 1. The topological polar surface area (TPSA) is 105 Å². The predicted octanol–water partition coefficient (Wildman–Crippen LogP) is 0.519. The molecule has 146 valence electrons. The lowest BCUT2D eigenvalue weighted by Gasteiger charge is -2.27. The molecule has 0 unspecified atom stereocenters. The summed E-state index contributed by atoms with van der Waals surface area (Å²) in [6.45, 7) is 0.440. The Balaban J connectivity index is 1.56. The maximum absolute atomic E-state index is 12.4. The minimum Gasteiger partial charge on any atom is -0.497 e. The quantitative estimate of drug-likeness (QED) is 0.759. The van der Waals surface area contributed by atoms with E-state index >= 15 is 0 Å². The molecule has 1 saturated heterocycles. The van der Waals surface area contributed by atoms with E-state index in [1.807, 2.05) is 24.3 Å². The molecular weight excluding hydrogens is 370 g/mol. The highest BCUT2D eigenvalue weighted by atomic mass is 32.2. The molecule has 1 atom stereocenters. The first-order chi connectivity index (χ1) is 12.9. The summed E-state index contributed by atoms with van der Waals surface area (Å²) in [6.07, 6.45) is 1.46. The average molecular weight is 393 g/mol. The third-order valence-corrected chi connectivity index (χ3v) is 6.48. The van der Waals surface area contributed by atoms with Crippen molar-refractivity contribution >= 4 is 27.4 Å². The summed E-state index contributed by atoms with van der Waals surface area (Å²) >= 11 is 0. The number of sulfone groups is 1. The third kappa shape index (κ3) is 4.85. The van der Waals surface area contributed by atoms with Crippen molar-refractivity contribution in [3.63, 3.8) is 0 Å². The van der Waals surface area contributed by atoms with Crippen molar-refractivity contribution in [2.45, 2.75) is 31.7 Å². The first kappa shape index (κ1) is 19.3. The fourth-order valence-corrected chi connectivity index (χ4v) is 4.89. The highest BCUT2D eigenvalue weighted by molar-refractivity contribution is 7.91. The number of carbonyl (C=O) groups is 2. The Bertz CT molecular complexity index is 848. The van der Waals surface area contributed by atoms with Gasteiger partial charge in [0.15, 0.2) is 9.84 Å². The van der Waals surface area contributed by atoms with Gasteiger partial charge in [-0.25, -0.2) is 13.4 Å². The largest absolute Gasteiger partial charge is 0.497 e. The van der Waals surface area contributed by atoms with Crippen LogP contribution in [-0.2, 0) is 25.8 Å². The van der Waals surface area contributed by atoms with E-state index in [0.29, 0.717) is 19.4 Å². The lowest BCUT2D eigenvalue weighted by molar-refractivity contribution is -0.133. The van der Waals surface area contributed by atoms with Crippen LogP contribution in [-0.4, -0.2) is 62.2 Å². The Morgan fingerprint density at radius 2 is 2.04 bits per heavy atom. The molecule has 2 aliphatic rings.